The second-order valence-electron chi connectivity index (χ2n) is 6.77. The summed E-state index contributed by atoms with van der Waals surface area (Å²) in [5.74, 6) is 0.568. The lowest BCUT2D eigenvalue weighted by molar-refractivity contribution is 0.102. The molecule has 0 spiro atoms. The minimum atomic E-state index is -0.232. The van der Waals surface area contributed by atoms with E-state index in [4.69, 9.17) is 4.98 Å². The van der Waals surface area contributed by atoms with Crippen LogP contribution >= 0.6 is 11.3 Å². The molecule has 3 heterocycles. The Morgan fingerprint density at radius 1 is 1.06 bits per heavy atom. The second kappa shape index (κ2) is 7.96. The first kappa shape index (κ1) is 18.9. The zero-order valence-electron chi connectivity index (χ0n) is 16.5. The van der Waals surface area contributed by atoms with Gasteiger partial charge in [-0.05, 0) is 24.3 Å². The lowest BCUT2D eigenvalue weighted by Gasteiger charge is -2.04. The molecule has 31 heavy (non-hydrogen) atoms. The third kappa shape index (κ3) is 3.74. The van der Waals surface area contributed by atoms with E-state index in [-0.39, 0.29) is 5.91 Å². The van der Waals surface area contributed by atoms with Crippen molar-refractivity contribution in [2.24, 2.45) is 7.05 Å². The van der Waals surface area contributed by atoms with E-state index < -0.39 is 0 Å². The standard InChI is InChI=1S/C22H17N7OS/c1-28-12-11-24-20(28)19-18(15-5-3-2-4-6-15)26-22(31-19)27-21(30)16-7-9-17(10-8-16)29-14-23-13-25-29/h2-14H,1H3,(H,26,27,30). The van der Waals surface area contributed by atoms with Crippen LogP contribution in [-0.4, -0.2) is 35.2 Å². The Hall–Kier alpha value is -4.11. The smallest absolute Gasteiger partial charge is 0.257 e. The summed E-state index contributed by atoms with van der Waals surface area (Å²) in [5.41, 5.74) is 3.11. The van der Waals surface area contributed by atoms with Crippen molar-refractivity contribution < 1.29 is 4.79 Å². The molecule has 0 bridgehead atoms. The number of benzene rings is 2. The van der Waals surface area contributed by atoms with Crippen LogP contribution in [0.15, 0.2) is 79.6 Å². The Morgan fingerprint density at radius 2 is 1.87 bits per heavy atom. The van der Waals surface area contributed by atoms with Crippen molar-refractivity contribution in [1.29, 1.82) is 0 Å². The molecule has 0 aliphatic heterocycles. The van der Waals surface area contributed by atoms with Crippen molar-refractivity contribution in [2.75, 3.05) is 5.32 Å². The molecule has 0 fully saturated rings. The third-order valence-corrected chi connectivity index (χ3v) is 5.70. The van der Waals surface area contributed by atoms with E-state index in [1.807, 2.05) is 60.3 Å². The van der Waals surface area contributed by atoms with Crippen molar-refractivity contribution >= 4 is 22.4 Å². The van der Waals surface area contributed by atoms with Gasteiger partial charge < -0.3 is 4.57 Å². The lowest BCUT2D eigenvalue weighted by Crippen LogP contribution is -2.11. The first-order valence-corrected chi connectivity index (χ1v) is 10.3. The van der Waals surface area contributed by atoms with Crippen LogP contribution in [0.4, 0.5) is 5.13 Å². The highest BCUT2D eigenvalue weighted by Crippen LogP contribution is 2.38. The van der Waals surface area contributed by atoms with E-state index in [0.29, 0.717) is 10.7 Å². The highest BCUT2D eigenvalue weighted by molar-refractivity contribution is 7.19. The molecule has 0 aliphatic rings. The van der Waals surface area contributed by atoms with Crippen LogP contribution in [0.2, 0.25) is 0 Å². The number of nitrogens with zero attached hydrogens (tertiary/aromatic N) is 6. The highest BCUT2D eigenvalue weighted by Gasteiger charge is 2.19. The van der Waals surface area contributed by atoms with Crippen LogP contribution in [0.5, 0.6) is 0 Å². The molecule has 0 radical (unpaired) electrons. The maximum Gasteiger partial charge on any atom is 0.257 e. The maximum absolute atomic E-state index is 12.8. The summed E-state index contributed by atoms with van der Waals surface area (Å²) in [6.07, 6.45) is 6.71. The van der Waals surface area contributed by atoms with Gasteiger partial charge in [0.1, 0.15) is 12.7 Å². The molecule has 0 aliphatic carbocycles. The molecule has 1 amide bonds. The van der Waals surface area contributed by atoms with Crippen LogP contribution in [0.1, 0.15) is 10.4 Å². The molecule has 2 aromatic carbocycles. The SMILES string of the molecule is Cn1ccnc1-c1sc(NC(=O)c2ccc(-n3cncn3)cc2)nc1-c1ccccc1. The Kier molecular flexibility index (Phi) is 4.85. The van der Waals surface area contributed by atoms with E-state index in [2.05, 4.69) is 20.4 Å². The van der Waals surface area contributed by atoms with E-state index in [0.717, 1.165) is 27.6 Å². The van der Waals surface area contributed by atoms with Gasteiger partial charge in [0.15, 0.2) is 11.0 Å². The summed E-state index contributed by atoms with van der Waals surface area (Å²) in [7, 11) is 1.94. The van der Waals surface area contributed by atoms with Gasteiger partial charge >= 0.3 is 0 Å². The topological polar surface area (TPSA) is 90.5 Å². The van der Waals surface area contributed by atoms with Crippen LogP contribution in [0.25, 0.3) is 27.6 Å². The van der Waals surface area contributed by atoms with Crippen molar-refractivity contribution in [3.8, 4) is 27.6 Å². The summed E-state index contributed by atoms with van der Waals surface area (Å²) in [6, 6.07) is 17.0. The van der Waals surface area contributed by atoms with E-state index in [1.165, 1.54) is 17.7 Å². The zero-order chi connectivity index (χ0) is 21.2. The number of anilines is 1. The number of hydrogen-bond acceptors (Lipinski definition) is 6. The highest BCUT2D eigenvalue weighted by atomic mass is 32.1. The molecule has 5 aromatic rings. The van der Waals surface area contributed by atoms with Gasteiger partial charge in [-0.1, -0.05) is 41.7 Å². The van der Waals surface area contributed by atoms with Gasteiger partial charge in [-0.2, -0.15) is 5.10 Å². The second-order valence-corrected chi connectivity index (χ2v) is 7.76. The number of carbonyl (C=O) groups is 1. The zero-order valence-corrected chi connectivity index (χ0v) is 17.3. The predicted molar refractivity (Wildman–Crippen MR) is 119 cm³/mol. The van der Waals surface area contributed by atoms with Crippen molar-refractivity contribution in [3.63, 3.8) is 0 Å². The van der Waals surface area contributed by atoms with Crippen LogP contribution in [-0.2, 0) is 7.05 Å². The number of carbonyl (C=O) groups excluding carboxylic acids is 1. The van der Waals surface area contributed by atoms with Crippen molar-refractivity contribution in [1.82, 2.24) is 29.3 Å². The molecule has 9 heteroatoms. The molecule has 0 saturated heterocycles. The van der Waals surface area contributed by atoms with Crippen molar-refractivity contribution in [3.05, 3.63) is 85.2 Å². The number of nitrogens with one attached hydrogen (secondary N) is 1. The molecule has 3 aromatic heterocycles. The van der Waals surface area contributed by atoms with Gasteiger partial charge in [-0.25, -0.2) is 19.6 Å². The van der Waals surface area contributed by atoms with E-state index in [9.17, 15) is 4.79 Å². The third-order valence-electron chi connectivity index (χ3n) is 4.73. The number of aryl methyl sites for hydroxylation is 1. The van der Waals surface area contributed by atoms with Gasteiger partial charge in [-0.3, -0.25) is 10.1 Å². The number of amides is 1. The summed E-state index contributed by atoms with van der Waals surface area (Å²) in [6.45, 7) is 0. The van der Waals surface area contributed by atoms with Crippen LogP contribution in [0, 0.1) is 0 Å². The monoisotopic (exact) mass is 427 g/mol. The normalized spacial score (nSPS) is 10.9. The minimum absolute atomic E-state index is 0.232. The molecule has 5 rings (SSSR count). The molecule has 0 atom stereocenters. The molecule has 152 valence electrons. The largest absolute Gasteiger partial charge is 0.333 e. The first-order chi connectivity index (χ1) is 15.2. The molecule has 8 nitrogen and oxygen atoms in total. The number of aromatic nitrogens is 6. The predicted octanol–water partition coefficient (Wildman–Crippen LogP) is 4.04. The van der Waals surface area contributed by atoms with Gasteiger partial charge in [0.25, 0.3) is 5.91 Å². The number of rotatable bonds is 5. The Morgan fingerprint density at radius 3 is 2.55 bits per heavy atom. The van der Waals surface area contributed by atoms with Crippen LogP contribution in [0.3, 0.4) is 0 Å². The molecular formula is C22H17N7OS. The molecule has 0 saturated carbocycles. The number of imidazole rings is 1. The summed E-state index contributed by atoms with van der Waals surface area (Å²) >= 11 is 1.40. The average Bonchev–Trinajstić information content (AvgIpc) is 3.55. The van der Waals surface area contributed by atoms with E-state index in [1.54, 1.807) is 29.3 Å². The molecule has 1 N–H and O–H groups in total. The Balaban J connectivity index is 1.45. The molecule has 0 unspecified atom stereocenters. The fraction of sp³-hybridized carbons (Fsp3) is 0.0455. The molecular weight excluding hydrogens is 410 g/mol. The quantitative estimate of drug-likeness (QED) is 0.457. The average molecular weight is 427 g/mol. The van der Waals surface area contributed by atoms with Gasteiger partial charge in [0.05, 0.1) is 16.3 Å². The first-order valence-electron chi connectivity index (χ1n) is 9.49. The van der Waals surface area contributed by atoms with Crippen LogP contribution < -0.4 is 5.32 Å². The number of hydrogen-bond donors (Lipinski definition) is 1. The van der Waals surface area contributed by atoms with Gasteiger partial charge in [0.2, 0.25) is 0 Å². The summed E-state index contributed by atoms with van der Waals surface area (Å²) in [4.78, 5) is 26.8. The fourth-order valence-electron chi connectivity index (χ4n) is 3.18. The summed E-state index contributed by atoms with van der Waals surface area (Å²) in [5, 5.41) is 7.53. The van der Waals surface area contributed by atoms with E-state index >= 15 is 0 Å². The van der Waals surface area contributed by atoms with Crippen molar-refractivity contribution in [2.45, 2.75) is 0 Å². The minimum Gasteiger partial charge on any atom is -0.333 e. The van der Waals surface area contributed by atoms with Gasteiger partial charge in [-0.15, -0.1) is 0 Å². The fourth-order valence-corrected chi connectivity index (χ4v) is 4.20. The summed E-state index contributed by atoms with van der Waals surface area (Å²) < 4.78 is 3.57. The van der Waals surface area contributed by atoms with Gasteiger partial charge in [0, 0.05) is 30.6 Å². The maximum atomic E-state index is 12.8. The lowest BCUT2D eigenvalue weighted by atomic mass is 10.1. The Labute approximate surface area is 181 Å². The number of thiazole rings is 1. The Bertz CT molecular complexity index is 1320.